The first kappa shape index (κ1) is 12.0. The quantitative estimate of drug-likeness (QED) is 0.838. The molecule has 2 aromatic rings. The van der Waals surface area contributed by atoms with Gasteiger partial charge >= 0.3 is 0 Å². The van der Waals surface area contributed by atoms with Crippen molar-refractivity contribution in [3.63, 3.8) is 0 Å². The first-order chi connectivity index (χ1) is 8.67. The van der Waals surface area contributed by atoms with E-state index in [0.717, 1.165) is 0 Å². The van der Waals surface area contributed by atoms with Gasteiger partial charge in [0.1, 0.15) is 23.6 Å². The van der Waals surface area contributed by atoms with E-state index >= 15 is 0 Å². The summed E-state index contributed by atoms with van der Waals surface area (Å²) in [5.74, 6) is 0.854. The highest BCUT2D eigenvalue weighted by Crippen LogP contribution is 2.28. The molecule has 1 amide bonds. The lowest BCUT2D eigenvalue weighted by molar-refractivity contribution is 0.0958. The van der Waals surface area contributed by atoms with Gasteiger partial charge in [-0.1, -0.05) is 0 Å². The SMILES string of the molecule is COc1ccc2oc(C)c(C(=O)NCC#N)c2c1. The topological polar surface area (TPSA) is 75.3 Å². The molecule has 0 aliphatic rings. The Morgan fingerprint density at radius 3 is 3.00 bits per heavy atom. The summed E-state index contributed by atoms with van der Waals surface area (Å²) < 4.78 is 10.6. The largest absolute Gasteiger partial charge is 0.497 e. The van der Waals surface area contributed by atoms with Crippen molar-refractivity contribution in [2.75, 3.05) is 13.7 Å². The van der Waals surface area contributed by atoms with Gasteiger partial charge in [-0.05, 0) is 25.1 Å². The van der Waals surface area contributed by atoms with Gasteiger partial charge in [0.15, 0.2) is 0 Å². The van der Waals surface area contributed by atoms with Crippen molar-refractivity contribution in [3.05, 3.63) is 29.5 Å². The fourth-order valence-electron chi connectivity index (χ4n) is 1.82. The van der Waals surface area contributed by atoms with E-state index in [2.05, 4.69) is 5.32 Å². The first-order valence-corrected chi connectivity index (χ1v) is 5.39. The second-order valence-electron chi connectivity index (χ2n) is 3.74. The van der Waals surface area contributed by atoms with Gasteiger partial charge in [-0.2, -0.15) is 5.26 Å². The summed E-state index contributed by atoms with van der Waals surface area (Å²) in [5.41, 5.74) is 1.06. The van der Waals surface area contributed by atoms with Crippen LogP contribution in [0.2, 0.25) is 0 Å². The van der Waals surface area contributed by atoms with Crippen molar-refractivity contribution in [1.29, 1.82) is 5.26 Å². The molecule has 1 N–H and O–H groups in total. The molecule has 0 radical (unpaired) electrons. The van der Waals surface area contributed by atoms with Crippen LogP contribution in [-0.4, -0.2) is 19.6 Å². The normalized spacial score (nSPS) is 10.1. The number of ether oxygens (including phenoxy) is 1. The monoisotopic (exact) mass is 244 g/mol. The third-order valence-corrected chi connectivity index (χ3v) is 2.63. The van der Waals surface area contributed by atoms with Gasteiger partial charge in [-0.15, -0.1) is 0 Å². The molecule has 1 aromatic carbocycles. The minimum absolute atomic E-state index is 0.0328. The van der Waals surface area contributed by atoms with Gasteiger partial charge < -0.3 is 14.5 Å². The zero-order valence-electron chi connectivity index (χ0n) is 10.1. The van der Waals surface area contributed by atoms with Crippen LogP contribution in [0.5, 0.6) is 5.75 Å². The lowest BCUT2D eigenvalue weighted by atomic mass is 10.1. The van der Waals surface area contributed by atoms with Gasteiger partial charge in [0.2, 0.25) is 0 Å². The number of carbonyl (C=O) groups is 1. The fraction of sp³-hybridized carbons (Fsp3) is 0.231. The molecule has 0 bridgehead atoms. The van der Waals surface area contributed by atoms with Crippen molar-refractivity contribution in [1.82, 2.24) is 5.32 Å². The summed E-state index contributed by atoms with van der Waals surface area (Å²) in [7, 11) is 1.56. The summed E-state index contributed by atoms with van der Waals surface area (Å²) in [5, 5.41) is 11.7. The molecule has 0 fully saturated rings. The van der Waals surface area contributed by atoms with Crippen LogP contribution in [-0.2, 0) is 0 Å². The van der Waals surface area contributed by atoms with Gasteiger partial charge in [-0.3, -0.25) is 4.79 Å². The smallest absolute Gasteiger partial charge is 0.256 e. The zero-order chi connectivity index (χ0) is 13.1. The molecular weight excluding hydrogens is 232 g/mol. The molecule has 1 aromatic heterocycles. The van der Waals surface area contributed by atoms with Crippen molar-refractivity contribution >= 4 is 16.9 Å². The standard InChI is InChI=1S/C13H12N2O3/c1-8-12(13(16)15-6-5-14)10-7-9(17-2)3-4-11(10)18-8/h3-4,7H,6H2,1-2H3,(H,15,16). The average molecular weight is 244 g/mol. The molecular formula is C13H12N2O3. The molecule has 0 spiro atoms. The van der Waals surface area contributed by atoms with Gasteiger partial charge in [0.05, 0.1) is 18.7 Å². The number of hydrogen-bond acceptors (Lipinski definition) is 4. The summed E-state index contributed by atoms with van der Waals surface area (Å²) >= 11 is 0. The number of amides is 1. The molecule has 18 heavy (non-hydrogen) atoms. The van der Waals surface area contributed by atoms with Crippen LogP contribution in [0.1, 0.15) is 16.1 Å². The number of aryl methyl sites for hydroxylation is 1. The molecule has 5 heteroatoms. The Morgan fingerprint density at radius 2 is 2.33 bits per heavy atom. The van der Waals surface area contributed by atoms with Gasteiger partial charge in [0, 0.05) is 5.39 Å². The van der Waals surface area contributed by atoms with Crippen LogP contribution in [0.4, 0.5) is 0 Å². The molecule has 5 nitrogen and oxygen atoms in total. The predicted molar refractivity (Wildman–Crippen MR) is 65.4 cm³/mol. The number of hydrogen-bond donors (Lipinski definition) is 1. The third kappa shape index (κ3) is 2.00. The van der Waals surface area contributed by atoms with E-state index in [1.54, 1.807) is 32.2 Å². The lowest BCUT2D eigenvalue weighted by Gasteiger charge is -2.01. The molecule has 0 unspecified atom stereocenters. The van der Waals surface area contributed by atoms with Crippen LogP contribution in [0.3, 0.4) is 0 Å². The van der Waals surface area contributed by atoms with Crippen LogP contribution >= 0.6 is 0 Å². The van der Waals surface area contributed by atoms with Gasteiger partial charge in [-0.25, -0.2) is 0 Å². The lowest BCUT2D eigenvalue weighted by Crippen LogP contribution is -2.23. The maximum atomic E-state index is 11.9. The van der Waals surface area contributed by atoms with Crippen molar-refractivity contribution < 1.29 is 13.9 Å². The highest BCUT2D eigenvalue weighted by Gasteiger charge is 2.18. The Bertz CT molecular complexity index is 637. The Hall–Kier alpha value is -2.48. The Labute approximate surface area is 104 Å². The number of benzene rings is 1. The fourth-order valence-corrected chi connectivity index (χ4v) is 1.82. The second kappa shape index (κ2) is 4.80. The van der Waals surface area contributed by atoms with Gasteiger partial charge in [0.25, 0.3) is 5.91 Å². The number of nitriles is 1. The maximum Gasteiger partial charge on any atom is 0.256 e. The van der Waals surface area contributed by atoms with Crippen molar-refractivity contribution in [3.8, 4) is 11.8 Å². The molecule has 92 valence electrons. The van der Waals surface area contributed by atoms with E-state index in [4.69, 9.17) is 14.4 Å². The second-order valence-corrected chi connectivity index (χ2v) is 3.74. The predicted octanol–water partition coefficient (Wildman–Crippen LogP) is 2.00. The number of carbonyl (C=O) groups excluding carboxylic acids is 1. The molecule has 0 saturated carbocycles. The average Bonchev–Trinajstić information content (AvgIpc) is 2.70. The van der Waals surface area contributed by atoms with Crippen LogP contribution in [0.25, 0.3) is 11.0 Å². The van der Waals surface area contributed by atoms with E-state index < -0.39 is 0 Å². The molecule has 0 aliphatic carbocycles. The van der Waals surface area contributed by atoms with E-state index in [1.165, 1.54) is 0 Å². The molecule has 0 atom stereocenters. The minimum atomic E-state index is -0.318. The summed E-state index contributed by atoms with van der Waals surface area (Å²) in [6.45, 7) is 1.68. The number of nitrogens with one attached hydrogen (secondary N) is 1. The summed E-state index contributed by atoms with van der Waals surface area (Å²) in [6, 6.07) is 7.12. The number of furan rings is 1. The molecule has 0 aliphatic heterocycles. The number of fused-ring (bicyclic) bond motifs is 1. The number of rotatable bonds is 3. The number of methoxy groups -OCH3 is 1. The molecule has 1 heterocycles. The Balaban J connectivity index is 2.51. The van der Waals surface area contributed by atoms with E-state index in [0.29, 0.717) is 28.0 Å². The molecule has 2 rings (SSSR count). The Kier molecular flexibility index (Phi) is 3.20. The van der Waals surface area contributed by atoms with Crippen LogP contribution in [0.15, 0.2) is 22.6 Å². The van der Waals surface area contributed by atoms with E-state index in [9.17, 15) is 4.79 Å². The van der Waals surface area contributed by atoms with Crippen molar-refractivity contribution in [2.24, 2.45) is 0 Å². The van der Waals surface area contributed by atoms with Crippen molar-refractivity contribution in [2.45, 2.75) is 6.92 Å². The first-order valence-electron chi connectivity index (χ1n) is 5.39. The van der Waals surface area contributed by atoms with Crippen LogP contribution in [0, 0.1) is 18.3 Å². The van der Waals surface area contributed by atoms with Crippen LogP contribution < -0.4 is 10.1 Å². The maximum absolute atomic E-state index is 11.9. The minimum Gasteiger partial charge on any atom is -0.497 e. The van der Waals surface area contributed by atoms with E-state index in [-0.39, 0.29) is 12.5 Å². The molecule has 0 saturated heterocycles. The highest BCUT2D eigenvalue weighted by atomic mass is 16.5. The third-order valence-electron chi connectivity index (χ3n) is 2.63. The summed E-state index contributed by atoms with van der Waals surface area (Å²) in [6.07, 6.45) is 0. The Morgan fingerprint density at radius 1 is 1.56 bits per heavy atom. The number of nitrogens with zero attached hydrogens (tertiary/aromatic N) is 1. The zero-order valence-corrected chi connectivity index (χ0v) is 10.1. The van der Waals surface area contributed by atoms with E-state index in [1.807, 2.05) is 6.07 Å². The highest BCUT2D eigenvalue weighted by molar-refractivity contribution is 6.07. The summed E-state index contributed by atoms with van der Waals surface area (Å²) in [4.78, 5) is 11.9.